The van der Waals surface area contributed by atoms with Crippen molar-refractivity contribution in [3.63, 3.8) is 0 Å². The molecule has 0 unspecified atom stereocenters. The molecule has 0 aliphatic carbocycles. The fourth-order valence-electron chi connectivity index (χ4n) is 2.74. The van der Waals surface area contributed by atoms with E-state index in [9.17, 15) is 9.59 Å². The third-order valence-corrected chi connectivity index (χ3v) is 4.43. The molecule has 0 atom stereocenters. The van der Waals surface area contributed by atoms with Crippen LogP contribution in [0.1, 0.15) is 16.8 Å². The molecule has 0 radical (unpaired) electrons. The van der Waals surface area contributed by atoms with Gasteiger partial charge < -0.3 is 24.4 Å². The van der Waals surface area contributed by atoms with Crippen molar-refractivity contribution < 1.29 is 23.8 Å². The number of likely N-dealkylation sites (N-methyl/N-ethyl adjacent to an activating group) is 1. The van der Waals surface area contributed by atoms with E-state index in [4.69, 9.17) is 25.8 Å². The Morgan fingerprint density at radius 2 is 1.89 bits per heavy atom. The van der Waals surface area contributed by atoms with Crippen LogP contribution in [0.5, 0.6) is 17.2 Å². The summed E-state index contributed by atoms with van der Waals surface area (Å²) >= 11 is 6.24. The smallest absolute Gasteiger partial charge is 0.254 e. The van der Waals surface area contributed by atoms with Gasteiger partial charge in [-0.2, -0.15) is 0 Å². The number of carbonyl (C=O) groups excluding carboxylic acids is 2. The number of carbonyl (C=O) groups is 2. The second-order valence-corrected chi connectivity index (χ2v) is 6.68. The second-order valence-electron chi connectivity index (χ2n) is 6.27. The second kappa shape index (κ2) is 8.84. The van der Waals surface area contributed by atoms with Gasteiger partial charge in [0.05, 0.1) is 31.9 Å². The predicted molar refractivity (Wildman–Crippen MR) is 106 cm³/mol. The quantitative estimate of drug-likeness (QED) is 0.827. The van der Waals surface area contributed by atoms with Crippen LogP contribution in [0.25, 0.3) is 0 Å². The highest BCUT2D eigenvalue weighted by molar-refractivity contribution is 6.32. The average Bonchev–Trinajstić information content (AvgIpc) is 2.93. The number of fused-ring (bicyclic) bond motifs is 1. The number of amides is 2. The molecular weight excluding hydrogens is 384 g/mol. The van der Waals surface area contributed by atoms with Crippen LogP contribution in [-0.2, 0) is 4.79 Å². The van der Waals surface area contributed by atoms with Gasteiger partial charge in [-0.3, -0.25) is 9.59 Å². The van der Waals surface area contributed by atoms with Crippen molar-refractivity contribution in [3.8, 4) is 17.2 Å². The number of nitrogens with zero attached hydrogens (tertiary/aromatic N) is 1. The van der Waals surface area contributed by atoms with Crippen LogP contribution in [0.3, 0.4) is 0 Å². The van der Waals surface area contributed by atoms with Gasteiger partial charge in [-0.05, 0) is 36.4 Å². The van der Waals surface area contributed by atoms with E-state index in [1.807, 2.05) is 0 Å². The van der Waals surface area contributed by atoms with Crippen molar-refractivity contribution >= 4 is 29.1 Å². The van der Waals surface area contributed by atoms with Crippen molar-refractivity contribution in [2.24, 2.45) is 0 Å². The molecule has 7 nitrogen and oxygen atoms in total. The standard InChI is InChI=1S/C20H21ClN2O5/c1-23(12-18(24)22-14-4-6-15(26-2)7-5-14)20(25)13-10-16(21)19-17(11-13)27-8-3-9-28-19/h4-7,10-11H,3,8-9,12H2,1-2H3,(H,22,24). The highest BCUT2D eigenvalue weighted by Gasteiger charge is 2.21. The van der Waals surface area contributed by atoms with E-state index < -0.39 is 0 Å². The van der Waals surface area contributed by atoms with Gasteiger partial charge in [-0.1, -0.05) is 11.6 Å². The molecule has 2 aromatic carbocycles. The molecule has 0 saturated heterocycles. The first-order chi connectivity index (χ1) is 13.5. The maximum atomic E-state index is 12.7. The number of anilines is 1. The summed E-state index contributed by atoms with van der Waals surface area (Å²) in [5.74, 6) is 0.903. The zero-order chi connectivity index (χ0) is 20.1. The van der Waals surface area contributed by atoms with Gasteiger partial charge in [0.2, 0.25) is 5.91 Å². The molecule has 1 N–H and O–H groups in total. The molecule has 1 aliphatic heterocycles. The Balaban J connectivity index is 1.66. The SMILES string of the molecule is COc1ccc(NC(=O)CN(C)C(=O)c2cc(Cl)c3c(c2)OCCCO3)cc1. The first kappa shape index (κ1) is 19.8. The number of nitrogens with one attached hydrogen (secondary N) is 1. The van der Waals surface area contributed by atoms with Crippen LogP contribution in [0.15, 0.2) is 36.4 Å². The molecule has 0 fully saturated rings. The Labute approximate surface area is 168 Å². The Kier molecular flexibility index (Phi) is 6.26. The zero-order valence-electron chi connectivity index (χ0n) is 15.7. The van der Waals surface area contributed by atoms with Crippen LogP contribution in [0.4, 0.5) is 5.69 Å². The fraction of sp³-hybridized carbons (Fsp3) is 0.300. The van der Waals surface area contributed by atoms with Crippen molar-refractivity contribution in [2.75, 3.05) is 39.2 Å². The molecule has 0 aromatic heterocycles. The summed E-state index contributed by atoms with van der Waals surface area (Å²) in [7, 11) is 3.12. The normalized spacial score (nSPS) is 12.7. The number of hydrogen-bond donors (Lipinski definition) is 1. The molecule has 148 valence electrons. The summed E-state index contributed by atoms with van der Waals surface area (Å²) < 4.78 is 16.3. The van der Waals surface area contributed by atoms with Crippen LogP contribution in [0, 0.1) is 0 Å². The number of halogens is 1. The number of methoxy groups -OCH3 is 1. The highest BCUT2D eigenvalue weighted by atomic mass is 35.5. The molecular formula is C20H21ClN2O5. The van der Waals surface area contributed by atoms with E-state index in [-0.39, 0.29) is 18.4 Å². The first-order valence-corrected chi connectivity index (χ1v) is 9.14. The van der Waals surface area contributed by atoms with Crippen molar-refractivity contribution in [1.82, 2.24) is 4.90 Å². The van der Waals surface area contributed by atoms with Gasteiger partial charge in [-0.15, -0.1) is 0 Å². The minimum Gasteiger partial charge on any atom is -0.497 e. The van der Waals surface area contributed by atoms with Crippen molar-refractivity contribution in [3.05, 3.63) is 47.0 Å². The summed E-state index contributed by atoms with van der Waals surface area (Å²) in [6.07, 6.45) is 0.736. The third-order valence-electron chi connectivity index (χ3n) is 4.15. The summed E-state index contributed by atoms with van der Waals surface area (Å²) in [6, 6.07) is 10.0. The van der Waals surface area contributed by atoms with E-state index >= 15 is 0 Å². The molecule has 28 heavy (non-hydrogen) atoms. The highest BCUT2D eigenvalue weighted by Crippen LogP contribution is 2.38. The number of ether oxygens (including phenoxy) is 3. The Morgan fingerprint density at radius 1 is 1.18 bits per heavy atom. The van der Waals surface area contributed by atoms with Crippen molar-refractivity contribution in [1.29, 1.82) is 0 Å². The summed E-state index contributed by atoms with van der Waals surface area (Å²) in [6.45, 7) is 0.878. The van der Waals surface area contributed by atoms with Gasteiger partial charge >= 0.3 is 0 Å². The number of benzene rings is 2. The summed E-state index contributed by atoms with van der Waals surface area (Å²) in [5.41, 5.74) is 0.944. The topological polar surface area (TPSA) is 77.1 Å². The predicted octanol–water partition coefficient (Wildman–Crippen LogP) is 3.22. The molecule has 0 spiro atoms. The lowest BCUT2D eigenvalue weighted by Gasteiger charge is -2.18. The summed E-state index contributed by atoms with van der Waals surface area (Å²) in [4.78, 5) is 26.3. The largest absolute Gasteiger partial charge is 0.497 e. The summed E-state index contributed by atoms with van der Waals surface area (Å²) in [5, 5.41) is 3.05. The van der Waals surface area contributed by atoms with E-state index in [0.717, 1.165) is 6.42 Å². The molecule has 8 heteroatoms. The lowest BCUT2D eigenvalue weighted by Crippen LogP contribution is -2.35. The van der Waals surface area contributed by atoms with Crippen LogP contribution < -0.4 is 19.5 Å². The monoisotopic (exact) mass is 404 g/mol. The molecule has 2 amide bonds. The van der Waals surface area contributed by atoms with Gasteiger partial charge in [0.15, 0.2) is 11.5 Å². The maximum absolute atomic E-state index is 12.7. The lowest BCUT2D eigenvalue weighted by molar-refractivity contribution is -0.116. The lowest BCUT2D eigenvalue weighted by atomic mass is 10.1. The van der Waals surface area contributed by atoms with Crippen LogP contribution in [0.2, 0.25) is 5.02 Å². The van der Waals surface area contributed by atoms with Gasteiger partial charge in [0, 0.05) is 24.7 Å². The Bertz CT molecular complexity index is 870. The fourth-order valence-corrected chi connectivity index (χ4v) is 3.00. The van der Waals surface area contributed by atoms with Crippen molar-refractivity contribution in [2.45, 2.75) is 6.42 Å². The van der Waals surface area contributed by atoms with Crippen LogP contribution in [-0.4, -0.2) is 50.6 Å². The minimum absolute atomic E-state index is 0.114. The minimum atomic E-state index is -0.345. The molecule has 0 bridgehead atoms. The molecule has 0 saturated carbocycles. The number of hydrogen-bond acceptors (Lipinski definition) is 5. The van der Waals surface area contributed by atoms with Gasteiger partial charge in [-0.25, -0.2) is 0 Å². The Morgan fingerprint density at radius 3 is 2.61 bits per heavy atom. The van der Waals surface area contributed by atoms with Gasteiger partial charge in [0.25, 0.3) is 5.91 Å². The van der Waals surface area contributed by atoms with Crippen LogP contribution >= 0.6 is 11.6 Å². The van der Waals surface area contributed by atoms with E-state index in [2.05, 4.69) is 5.32 Å². The molecule has 1 aliphatic rings. The Hall–Kier alpha value is -2.93. The molecule has 2 aromatic rings. The third kappa shape index (κ3) is 4.67. The average molecular weight is 405 g/mol. The first-order valence-electron chi connectivity index (χ1n) is 8.76. The van der Waals surface area contributed by atoms with Gasteiger partial charge in [0.1, 0.15) is 5.75 Å². The molecule has 3 rings (SSSR count). The maximum Gasteiger partial charge on any atom is 0.254 e. The number of rotatable bonds is 5. The van der Waals surface area contributed by atoms with E-state index in [0.29, 0.717) is 46.7 Å². The molecule has 1 heterocycles. The zero-order valence-corrected chi connectivity index (χ0v) is 16.4. The van der Waals surface area contributed by atoms with E-state index in [1.165, 1.54) is 11.0 Å². The van der Waals surface area contributed by atoms with E-state index in [1.54, 1.807) is 44.5 Å².